The van der Waals surface area contributed by atoms with Gasteiger partial charge in [-0.15, -0.1) is 0 Å². The van der Waals surface area contributed by atoms with E-state index in [4.69, 9.17) is 0 Å². The van der Waals surface area contributed by atoms with Gasteiger partial charge in [-0.1, -0.05) is 0 Å². The van der Waals surface area contributed by atoms with E-state index >= 15 is 0 Å². The quantitative estimate of drug-likeness (QED) is 0.649. The molecule has 21 heavy (non-hydrogen) atoms. The van der Waals surface area contributed by atoms with Crippen LogP contribution in [0.3, 0.4) is 0 Å². The molecule has 1 aliphatic heterocycles. The van der Waals surface area contributed by atoms with Gasteiger partial charge in [0.2, 0.25) is 11.8 Å². The Bertz CT molecular complexity index is 769. The molecule has 0 saturated carbocycles. The first-order valence-corrected chi connectivity index (χ1v) is 7.31. The fourth-order valence-corrected chi connectivity index (χ4v) is 2.79. The summed E-state index contributed by atoms with van der Waals surface area (Å²) in [5.41, 5.74) is 1.57. The normalized spacial score (nSPS) is 18.5. The van der Waals surface area contributed by atoms with Crippen LogP contribution in [0.15, 0.2) is 21.4 Å². The average Bonchev–Trinajstić information content (AvgIpc) is 2.79. The molecule has 4 N–H and O–H groups in total. The number of amides is 2. The first-order valence-electron chi connectivity index (χ1n) is 6.52. The molecule has 1 saturated heterocycles. The molecule has 1 unspecified atom stereocenters. The number of carbonyl (C=O) groups excluding carboxylic acids is 2. The summed E-state index contributed by atoms with van der Waals surface area (Å²) in [4.78, 5) is 39.9. The van der Waals surface area contributed by atoms with Crippen LogP contribution in [0.5, 0.6) is 0 Å². The Hall–Kier alpha value is -2.09. The van der Waals surface area contributed by atoms with Crippen LogP contribution in [0.1, 0.15) is 12.8 Å². The SMILES string of the molecule is O=C1CCC(C(=O)Nc2cc3[nH]c(=O)[nH]c3cc2Br)CN1. The molecular weight excluding hydrogens is 340 g/mol. The van der Waals surface area contributed by atoms with Crippen molar-refractivity contribution in [3.8, 4) is 0 Å². The number of aromatic nitrogens is 2. The number of hydrogen-bond donors (Lipinski definition) is 4. The van der Waals surface area contributed by atoms with Crippen LogP contribution in [0.2, 0.25) is 0 Å². The molecule has 1 fully saturated rings. The lowest BCUT2D eigenvalue weighted by Gasteiger charge is -2.21. The fraction of sp³-hybridized carbons (Fsp3) is 0.308. The molecule has 0 spiro atoms. The molecule has 2 heterocycles. The van der Waals surface area contributed by atoms with Gasteiger partial charge in [-0.05, 0) is 34.5 Å². The third-order valence-electron chi connectivity index (χ3n) is 3.50. The number of benzene rings is 1. The minimum absolute atomic E-state index is 0.0217. The number of carbonyl (C=O) groups is 2. The molecule has 7 nitrogen and oxygen atoms in total. The summed E-state index contributed by atoms with van der Waals surface area (Å²) in [7, 11) is 0. The Balaban J connectivity index is 1.80. The van der Waals surface area contributed by atoms with E-state index in [9.17, 15) is 14.4 Å². The molecule has 2 amide bonds. The maximum absolute atomic E-state index is 12.2. The molecule has 2 aromatic rings. The van der Waals surface area contributed by atoms with E-state index in [2.05, 4.69) is 36.5 Å². The number of nitrogens with one attached hydrogen (secondary N) is 4. The fourth-order valence-electron chi connectivity index (χ4n) is 2.34. The summed E-state index contributed by atoms with van der Waals surface area (Å²) in [6.07, 6.45) is 0.905. The van der Waals surface area contributed by atoms with Crippen LogP contribution in [0.25, 0.3) is 11.0 Å². The van der Waals surface area contributed by atoms with Gasteiger partial charge in [0, 0.05) is 17.4 Å². The highest BCUT2D eigenvalue weighted by molar-refractivity contribution is 9.10. The van der Waals surface area contributed by atoms with Crippen molar-refractivity contribution in [3.05, 3.63) is 27.1 Å². The maximum Gasteiger partial charge on any atom is 0.323 e. The van der Waals surface area contributed by atoms with Crippen molar-refractivity contribution in [1.82, 2.24) is 15.3 Å². The summed E-state index contributed by atoms with van der Waals surface area (Å²) in [5.74, 6) is -0.407. The predicted octanol–water partition coefficient (Wildman–Crippen LogP) is 1.08. The number of anilines is 1. The van der Waals surface area contributed by atoms with E-state index in [1.165, 1.54) is 0 Å². The maximum atomic E-state index is 12.2. The largest absolute Gasteiger partial charge is 0.355 e. The van der Waals surface area contributed by atoms with Crippen molar-refractivity contribution in [3.63, 3.8) is 0 Å². The lowest BCUT2D eigenvalue weighted by atomic mass is 9.98. The van der Waals surface area contributed by atoms with Crippen LogP contribution in [-0.4, -0.2) is 28.3 Å². The molecule has 0 aliphatic carbocycles. The molecule has 1 aromatic heterocycles. The second-order valence-electron chi connectivity index (χ2n) is 4.99. The van der Waals surface area contributed by atoms with Gasteiger partial charge < -0.3 is 20.6 Å². The molecule has 3 rings (SSSR count). The van der Waals surface area contributed by atoms with Gasteiger partial charge in [-0.3, -0.25) is 9.59 Å². The highest BCUT2D eigenvalue weighted by atomic mass is 79.9. The Morgan fingerprint density at radius 3 is 2.62 bits per heavy atom. The number of hydrogen-bond acceptors (Lipinski definition) is 3. The molecule has 1 aromatic carbocycles. The number of imidazole rings is 1. The van der Waals surface area contributed by atoms with E-state index in [-0.39, 0.29) is 23.4 Å². The molecular formula is C13H13BrN4O3. The second kappa shape index (κ2) is 5.36. The summed E-state index contributed by atoms with van der Waals surface area (Å²) < 4.78 is 0.679. The topological polar surface area (TPSA) is 107 Å². The lowest BCUT2D eigenvalue weighted by Crippen LogP contribution is -2.40. The van der Waals surface area contributed by atoms with Crippen molar-refractivity contribution >= 4 is 44.5 Å². The molecule has 0 radical (unpaired) electrons. The third-order valence-corrected chi connectivity index (χ3v) is 4.15. The second-order valence-corrected chi connectivity index (χ2v) is 5.84. The predicted molar refractivity (Wildman–Crippen MR) is 81.0 cm³/mol. The molecule has 1 aliphatic rings. The number of piperidine rings is 1. The Kier molecular flexibility index (Phi) is 3.54. The van der Waals surface area contributed by atoms with Crippen LogP contribution >= 0.6 is 15.9 Å². The number of halogens is 1. The van der Waals surface area contributed by atoms with Crippen LogP contribution in [-0.2, 0) is 9.59 Å². The van der Waals surface area contributed by atoms with Gasteiger partial charge in [-0.2, -0.15) is 0 Å². The monoisotopic (exact) mass is 352 g/mol. The smallest absolute Gasteiger partial charge is 0.323 e. The van der Waals surface area contributed by atoms with Crippen molar-refractivity contribution in [2.45, 2.75) is 12.8 Å². The standard InChI is InChI=1S/C13H13BrN4O3/c14-7-3-9-10(18-13(21)17-9)4-8(7)16-12(20)6-1-2-11(19)15-5-6/h3-4,6H,1-2,5H2,(H,15,19)(H,16,20)(H2,17,18,21). The van der Waals surface area contributed by atoms with Crippen molar-refractivity contribution in [2.24, 2.45) is 5.92 Å². The summed E-state index contributed by atoms with van der Waals surface area (Å²) in [6.45, 7) is 0.353. The summed E-state index contributed by atoms with van der Waals surface area (Å²) >= 11 is 3.37. The minimum atomic E-state index is -0.296. The van der Waals surface area contributed by atoms with Gasteiger partial charge in [0.05, 0.1) is 22.6 Å². The zero-order chi connectivity index (χ0) is 15.0. The van der Waals surface area contributed by atoms with Crippen LogP contribution in [0.4, 0.5) is 5.69 Å². The van der Waals surface area contributed by atoms with Gasteiger partial charge in [-0.25, -0.2) is 4.79 Å². The van der Waals surface area contributed by atoms with Crippen molar-refractivity contribution in [2.75, 3.05) is 11.9 Å². The Labute approximate surface area is 127 Å². The van der Waals surface area contributed by atoms with Crippen LogP contribution in [0, 0.1) is 5.92 Å². The number of rotatable bonds is 2. The molecule has 8 heteroatoms. The van der Waals surface area contributed by atoms with Gasteiger partial charge >= 0.3 is 5.69 Å². The highest BCUT2D eigenvalue weighted by Crippen LogP contribution is 2.27. The first kappa shape index (κ1) is 13.9. The number of fused-ring (bicyclic) bond motifs is 1. The van der Waals surface area contributed by atoms with E-state index < -0.39 is 0 Å². The van der Waals surface area contributed by atoms with E-state index in [1.54, 1.807) is 12.1 Å². The average molecular weight is 353 g/mol. The summed E-state index contributed by atoms with van der Waals surface area (Å²) in [6, 6.07) is 3.42. The first-order chi connectivity index (χ1) is 10.0. The van der Waals surface area contributed by atoms with Gasteiger partial charge in [0.25, 0.3) is 0 Å². The Morgan fingerprint density at radius 2 is 1.95 bits per heavy atom. The molecule has 1 atom stereocenters. The zero-order valence-corrected chi connectivity index (χ0v) is 12.5. The number of H-pyrrole nitrogens is 2. The van der Waals surface area contributed by atoms with Crippen molar-refractivity contribution < 1.29 is 9.59 Å². The lowest BCUT2D eigenvalue weighted by molar-refractivity contribution is -0.126. The summed E-state index contributed by atoms with van der Waals surface area (Å²) in [5, 5.41) is 5.51. The highest BCUT2D eigenvalue weighted by Gasteiger charge is 2.24. The minimum Gasteiger partial charge on any atom is -0.355 e. The van der Waals surface area contributed by atoms with E-state index in [0.717, 1.165) is 0 Å². The van der Waals surface area contributed by atoms with Gasteiger partial charge in [0.1, 0.15) is 0 Å². The van der Waals surface area contributed by atoms with E-state index in [1.807, 2.05) is 0 Å². The third kappa shape index (κ3) is 2.85. The van der Waals surface area contributed by atoms with Crippen molar-refractivity contribution in [1.29, 1.82) is 0 Å². The number of aromatic amines is 2. The zero-order valence-electron chi connectivity index (χ0n) is 11.0. The molecule has 0 bridgehead atoms. The van der Waals surface area contributed by atoms with Gasteiger partial charge in [0.15, 0.2) is 0 Å². The van der Waals surface area contributed by atoms with Crippen LogP contribution < -0.4 is 16.3 Å². The Morgan fingerprint density at radius 1 is 1.24 bits per heavy atom. The molecule has 110 valence electrons. The van der Waals surface area contributed by atoms with E-state index in [0.29, 0.717) is 40.6 Å².